The predicted molar refractivity (Wildman–Crippen MR) is 101 cm³/mol. The minimum atomic E-state index is -0.467. The average molecular weight is 377 g/mol. The smallest absolute Gasteiger partial charge is 0.162 e. The van der Waals surface area contributed by atoms with E-state index >= 15 is 0 Å². The normalized spacial score (nSPS) is 28.9. The summed E-state index contributed by atoms with van der Waals surface area (Å²) in [4.78, 5) is 2.44. The van der Waals surface area contributed by atoms with Crippen LogP contribution >= 0.6 is 0 Å². The number of hydrogen-bond donors (Lipinski definition) is 1. The first-order valence-corrected chi connectivity index (χ1v) is 9.89. The summed E-state index contributed by atoms with van der Waals surface area (Å²) in [5, 5.41) is 10.7. The van der Waals surface area contributed by atoms with Crippen LogP contribution in [0.1, 0.15) is 44.4 Å². The van der Waals surface area contributed by atoms with Gasteiger partial charge in [-0.25, -0.2) is 0 Å². The summed E-state index contributed by atoms with van der Waals surface area (Å²) in [6.07, 6.45) is 1.14. The highest BCUT2D eigenvalue weighted by Gasteiger charge is 2.40. The van der Waals surface area contributed by atoms with E-state index in [4.69, 9.17) is 18.9 Å². The third-order valence-corrected chi connectivity index (χ3v) is 5.61. The molecule has 1 aromatic carbocycles. The average Bonchev–Trinajstić information content (AvgIpc) is 2.57. The zero-order chi connectivity index (χ0) is 19.2. The van der Waals surface area contributed by atoms with Crippen molar-refractivity contribution in [2.24, 2.45) is 0 Å². The monoisotopic (exact) mass is 377 g/mol. The molecule has 3 atom stereocenters. The molecule has 27 heavy (non-hydrogen) atoms. The molecule has 0 bridgehead atoms. The third kappa shape index (κ3) is 3.94. The van der Waals surface area contributed by atoms with Gasteiger partial charge in [-0.3, -0.25) is 4.90 Å². The lowest BCUT2D eigenvalue weighted by Gasteiger charge is -2.47. The molecule has 4 rings (SSSR count). The summed E-state index contributed by atoms with van der Waals surface area (Å²) < 4.78 is 23.0. The maximum Gasteiger partial charge on any atom is 0.162 e. The number of ether oxygens (including phenoxy) is 4. The van der Waals surface area contributed by atoms with Gasteiger partial charge >= 0.3 is 0 Å². The molecule has 3 aliphatic rings. The Morgan fingerprint density at radius 3 is 2.59 bits per heavy atom. The van der Waals surface area contributed by atoms with Crippen molar-refractivity contribution in [3.63, 3.8) is 0 Å². The van der Waals surface area contributed by atoms with E-state index in [-0.39, 0.29) is 23.9 Å². The fourth-order valence-electron chi connectivity index (χ4n) is 4.27. The van der Waals surface area contributed by atoms with Gasteiger partial charge < -0.3 is 24.1 Å². The van der Waals surface area contributed by atoms with Crippen molar-refractivity contribution in [2.45, 2.75) is 63.6 Å². The third-order valence-electron chi connectivity index (χ3n) is 5.61. The van der Waals surface area contributed by atoms with Gasteiger partial charge in [-0.15, -0.1) is 0 Å². The van der Waals surface area contributed by atoms with E-state index in [1.165, 1.54) is 11.1 Å². The topological polar surface area (TPSA) is 60.4 Å². The van der Waals surface area contributed by atoms with Gasteiger partial charge in [0.05, 0.1) is 38.1 Å². The van der Waals surface area contributed by atoms with Gasteiger partial charge in [-0.05, 0) is 56.9 Å². The largest absolute Gasteiger partial charge is 0.493 e. The summed E-state index contributed by atoms with van der Waals surface area (Å²) in [6, 6.07) is 4.41. The van der Waals surface area contributed by atoms with Crippen molar-refractivity contribution < 1.29 is 24.1 Å². The first-order chi connectivity index (χ1) is 12.8. The second-order valence-electron chi connectivity index (χ2n) is 8.81. The van der Waals surface area contributed by atoms with Crippen molar-refractivity contribution in [3.05, 3.63) is 23.3 Å². The van der Waals surface area contributed by atoms with Crippen LogP contribution in [0.25, 0.3) is 0 Å². The van der Waals surface area contributed by atoms with Gasteiger partial charge in [-0.2, -0.15) is 0 Å². The number of rotatable bonds is 4. The second kappa shape index (κ2) is 7.24. The zero-order valence-corrected chi connectivity index (χ0v) is 16.7. The molecule has 0 radical (unpaired) electrons. The molecule has 2 fully saturated rings. The van der Waals surface area contributed by atoms with Gasteiger partial charge in [0.15, 0.2) is 11.5 Å². The lowest BCUT2D eigenvalue weighted by molar-refractivity contribution is -0.149. The standard InChI is InChI=1S/C21H31NO5/c1-21(2,3)27-20-10-22-6-5-13-7-19(26-14-11-25-12-14)18(24-4)8-15(13)16(22)9-17(20)23/h7-8,14,16-17,20,23H,5-6,9-12H2,1-4H3/t16-,17-,20-/m1/s1. The van der Waals surface area contributed by atoms with E-state index in [0.29, 0.717) is 19.6 Å². The summed E-state index contributed by atoms with van der Waals surface area (Å²) in [6.45, 7) is 9.11. The highest BCUT2D eigenvalue weighted by Crippen LogP contribution is 2.43. The molecule has 0 aromatic heterocycles. The van der Waals surface area contributed by atoms with Crippen LogP contribution in [0.2, 0.25) is 0 Å². The highest BCUT2D eigenvalue weighted by molar-refractivity contribution is 5.50. The molecule has 1 N–H and O–H groups in total. The molecular formula is C21H31NO5. The maximum atomic E-state index is 10.7. The number of benzene rings is 1. The van der Waals surface area contributed by atoms with Crippen molar-refractivity contribution in [2.75, 3.05) is 33.4 Å². The Hall–Kier alpha value is -1.34. The lowest BCUT2D eigenvalue weighted by atomic mass is 9.84. The first kappa shape index (κ1) is 19.0. The minimum Gasteiger partial charge on any atom is -0.493 e. The van der Waals surface area contributed by atoms with Crippen molar-refractivity contribution in [1.29, 1.82) is 0 Å². The number of piperidine rings is 1. The maximum absolute atomic E-state index is 10.7. The van der Waals surface area contributed by atoms with E-state index < -0.39 is 6.10 Å². The van der Waals surface area contributed by atoms with Gasteiger partial charge in [0, 0.05) is 19.1 Å². The molecule has 3 aliphatic heterocycles. The van der Waals surface area contributed by atoms with Crippen molar-refractivity contribution in [3.8, 4) is 11.5 Å². The molecule has 6 nitrogen and oxygen atoms in total. The molecule has 0 spiro atoms. The molecular weight excluding hydrogens is 346 g/mol. The van der Waals surface area contributed by atoms with E-state index in [2.05, 4.69) is 17.0 Å². The van der Waals surface area contributed by atoms with Crippen molar-refractivity contribution in [1.82, 2.24) is 4.90 Å². The summed E-state index contributed by atoms with van der Waals surface area (Å²) in [5.74, 6) is 1.55. The van der Waals surface area contributed by atoms with E-state index in [1.807, 2.05) is 20.8 Å². The predicted octanol–water partition coefficient (Wildman–Crippen LogP) is 2.32. The summed E-state index contributed by atoms with van der Waals surface area (Å²) in [7, 11) is 1.68. The van der Waals surface area contributed by atoms with Crippen LogP contribution in [0.5, 0.6) is 11.5 Å². The molecule has 0 aliphatic carbocycles. The van der Waals surface area contributed by atoms with E-state index in [9.17, 15) is 5.11 Å². The Bertz CT molecular complexity index is 682. The molecule has 0 unspecified atom stereocenters. The number of fused-ring (bicyclic) bond motifs is 3. The lowest BCUT2D eigenvalue weighted by Crippen LogP contribution is -2.53. The van der Waals surface area contributed by atoms with Crippen LogP contribution in [-0.4, -0.2) is 67.3 Å². The van der Waals surface area contributed by atoms with Crippen LogP contribution in [0, 0.1) is 0 Å². The fourth-order valence-corrected chi connectivity index (χ4v) is 4.27. The Balaban J connectivity index is 1.56. The van der Waals surface area contributed by atoms with E-state index in [1.54, 1.807) is 7.11 Å². The van der Waals surface area contributed by atoms with Crippen molar-refractivity contribution >= 4 is 0 Å². The second-order valence-corrected chi connectivity index (χ2v) is 8.81. The van der Waals surface area contributed by atoms with Gasteiger partial charge in [0.1, 0.15) is 6.10 Å². The van der Waals surface area contributed by atoms with Crippen LogP contribution in [0.15, 0.2) is 12.1 Å². The van der Waals surface area contributed by atoms with Gasteiger partial charge in [-0.1, -0.05) is 0 Å². The molecule has 150 valence electrons. The van der Waals surface area contributed by atoms with Gasteiger partial charge in [0.25, 0.3) is 0 Å². The molecule has 0 saturated carbocycles. The zero-order valence-electron chi connectivity index (χ0n) is 16.7. The SMILES string of the molecule is COc1cc2c(cc1OC1COC1)CCN1C[C@@H](OC(C)(C)C)[C@H](O)C[C@H]21. The number of aliphatic hydroxyl groups excluding tert-OH is 1. The Morgan fingerprint density at radius 2 is 1.96 bits per heavy atom. The van der Waals surface area contributed by atoms with Crippen LogP contribution in [-0.2, 0) is 15.9 Å². The number of nitrogens with zero attached hydrogens (tertiary/aromatic N) is 1. The number of methoxy groups -OCH3 is 1. The van der Waals surface area contributed by atoms with Gasteiger partial charge in [0.2, 0.25) is 0 Å². The van der Waals surface area contributed by atoms with E-state index in [0.717, 1.165) is 31.0 Å². The Kier molecular flexibility index (Phi) is 5.10. The molecule has 0 amide bonds. The Morgan fingerprint density at radius 1 is 1.19 bits per heavy atom. The van der Waals surface area contributed by atoms with Crippen LogP contribution in [0.3, 0.4) is 0 Å². The summed E-state index contributed by atoms with van der Waals surface area (Å²) in [5.41, 5.74) is 2.27. The number of hydrogen-bond acceptors (Lipinski definition) is 6. The minimum absolute atomic E-state index is 0.115. The fraction of sp³-hybridized carbons (Fsp3) is 0.714. The number of aliphatic hydroxyl groups is 1. The van der Waals surface area contributed by atoms with Crippen LogP contribution < -0.4 is 9.47 Å². The molecule has 1 aromatic rings. The molecule has 2 saturated heterocycles. The molecule has 3 heterocycles. The quantitative estimate of drug-likeness (QED) is 0.869. The summed E-state index contributed by atoms with van der Waals surface area (Å²) >= 11 is 0. The Labute approximate surface area is 161 Å². The first-order valence-electron chi connectivity index (χ1n) is 9.89. The van der Waals surface area contributed by atoms with Crippen LogP contribution in [0.4, 0.5) is 0 Å². The molecule has 6 heteroatoms. The highest BCUT2D eigenvalue weighted by atomic mass is 16.6.